The van der Waals surface area contributed by atoms with Crippen molar-refractivity contribution in [2.45, 2.75) is 13.0 Å². The van der Waals surface area contributed by atoms with E-state index in [9.17, 15) is 18.9 Å². The molecule has 0 amide bonds. The first-order valence-electron chi connectivity index (χ1n) is 5.11. The number of hydrogen-bond donors (Lipinski definition) is 0. The summed E-state index contributed by atoms with van der Waals surface area (Å²) in [6, 6.07) is 2.68. The Labute approximate surface area is 101 Å². The van der Waals surface area contributed by atoms with Crippen LogP contribution in [-0.4, -0.2) is 14.5 Å². The molecule has 0 aliphatic rings. The number of nitrogens with zero attached hydrogens (tertiary/aromatic N) is 3. The zero-order valence-corrected chi connectivity index (χ0v) is 9.38. The maximum absolute atomic E-state index is 13.1. The second kappa shape index (κ2) is 4.52. The van der Waals surface area contributed by atoms with Crippen LogP contribution < -0.4 is 0 Å². The molecule has 1 aromatic carbocycles. The van der Waals surface area contributed by atoms with Crippen molar-refractivity contribution in [3.63, 3.8) is 0 Å². The maximum atomic E-state index is 13.1. The SMILES string of the molecule is CC(c1cc(F)cc(F)c1)n1cnc([N+](=O)[O-])c1. The Balaban J connectivity index is 2.34. The van der Waals surface area contributed by atoms with Crippen molar-refractivity contribution < 1.29 is 13.7 Å². The van der Waals surface area contributed by atoms with E-state index >= 15 is 0 Å². The van der Waals surface area contributed by atoms with E-state index in [1.165, 1.54) is 29.2 Å². The summed E-state index contributed by atoms with van der Waals surface area (Å²) in [7, 11) is 0. The molecule has 7 heteroatoms. The molecule has 0 radical (unpaired) electrons. The van der Waals surface area contributed by atoms with Crippen LogP contribution in [0.2, 0.25) is 0 Å². The van der Waals surface area contributed by atoms with E-state index in [2.05, 4.69) is 4.98 Å². The normalized spacial score (nSPS) is 12.4. The molecule has 94 valence electrons. The van der Waals surface area contributed by atoms with Gasteiger partial charge in [0.05, 0.1) is 6.04 Å². The first kappa shape index (κ1) is 12.2. The van der Waals surface area contributed by atoms with Crippen LogP contribution in [0.1, 0.15) is 18.5 Å². The Kier molecular flexibility index (Phi) is 3.05. The molecule has 0 aliphatic carbocycles. The summed E-state index contributed by atoms with van der Waals surface area (Å²) >= 11 is 0. The van der Waals surface area contributed by atoms with Gasteiger partial charge in [-0.1, -0.05) is 0 Å². The summed E-state index contributed by atoms with van der Waals surface area (Å²) in [5.74, 6) is -1.68. The van der Waals surface area contributed by atoms with Crippen molar-refractivity contribution in [2.75, 3.05) is 0 Å². The second-order valence-electron chi connectivity index (χ2n) is 3.81. The van der Waals surface area contributed by atoms with E-state index in [-0.39, 0.29) is 5.82 Å². The summed E-state index contributed by atoms with van der Waals surface area (Å²) in [5.41, 5.74) is 0.375. The van der Waals surface area contributed by atoms with Gasteiger partial charge in [0.15, 0.2) is 0 Å². The van der Waals surface area contributed by atoms with Crippen molar-refractivity contribution in [3.8, 4) is 0 Å². The largest absolute Gasteiger partial charge is 0.381 e. The number of aromatic nitrogens is 2. The average molecular weight is 253 g/mol. The standard InChI is InChI=1S/C11H9F2N3O2/c1-7(8-2-9(12)4-10(13)3-8)15-5-11(14-6-15)16(17)18/h2-7H,1H3. The number of benzene rings is 1. The van der Waals surface area contributed by atoms with Crippen LogP contribution in [0.5, 0.6) is 0 Å². The highest BCUT2D eigenvalue weighted by atomic mass is 19.1. The number of nitro groups is 1. The lowest BCUT2D eigenvalue weighted by atomic mass is 10.1. The summed E-state index contributed by atoms with van der Waals surface area (Å²) in [6.07, 6.45) is 2.47. The molecule has 5 nitrogen and oxygen atoms in total. The monoisotopic (exact) mass is 253 g/mol. The molecule has 0 aliphatic heterocycles. The minimum atomic E-state index is -0.688. The minimum absolute atomic E-state index is 0.307. The summed E-state index contributed by atoms with van der Waals surface area (Å²) in [4.78, 5) is 13.4. The molecule has 1 heterocycles. The molecule has 0 N–H and O–H groups in total. The first-order valence-corrected chi connectivity index (χ1v) is 5.11. The third-order valence-electron chi connectivity index (χ3n) is 2.59. The van der Waals surface area contributed by atoms with Crippen LogP contribution >= 0.6 is 0 Å². The maximum Gasteiger partial charge on any atom is 0.381 e. The van der Waals surface area contributed by atoms with Gasteiger partial charge in [-0.3, -0.25) is 0 Å². The molecule has 1 aromatic heterocycles. The van der Waals surface area contributed by atoms with E-state index in [0.29, 0.717) is 5.56 Å². The van der Waals surface area contributed by atoms with Gasteiger partial charge in [0.1, 0.15) is 17.8 Å². The van der Waals surface area contributed by atoms with Crippen LogP contribution in [0, 0.1) is 21.7 Å². The highest BCUT2D eigenvalue weighted by molar-refractivity contribution is 5.23. The van der Waals surface area contributed by atoms with Gasteiger partial charge >= 0.3 is 5.82 Å². The first-order chi connectivity index (χ1) is 8.47. The summed E-state index contributed by atoms with van der Waals surface area (Å²) < 4.78 is 27.6. The van der Waals surface area contributed by atoms with Crippen molar-refractivity contribution in [1.82, 2.24) is 9.55 Å². The molecular weight excluding hydrogens is 244 g/mol. The quantitative estimate of drug-likeness (QED) is 0.624. The van der Waals surface area contributed by atoms with Crippen LogP contribution in [0.15, 0.2) is 30.7 Å². The lowest BCUT2D eigenvalue weighted by Crippen LogP contribution is -2.05. The second-order valence-corrected chi connectivity index (χ2v) is 3.81. The summed E-state index contributed by atoms with van der Waals surface area (Å²) in [5, 5.41) is 10.5. The number of halogens is 2. The van der Waals surface area contributed by atoms with E-state index in [1.807, 2.05) is 0 Å². The molecule has 0 bridgehead atoms. The topological polar surface area (TPSA) is 61.0 Å². The zero-order valence-electron chi connectivity index (χ0n) is 9.38. The van der Waals surface area contributed by atoms with Crippen LogP contribution in [0.25, 0.3) is 0 Å². The van der Waals surface area contributed by atoms with Gasteiger partial charge in [-0.25, -0.2) is 8.78 Å². The lowest BCUT2D eigenvalue weighted by molar-refractivity contribution is -0.389. The highest BCUT2D eigenvalue weighted by Crippen LogP contribution is 2.21. The van der Waals surface area contributed by atoms with E-state index in [4.69, 9.17) is 0 Å². The predicted molar refractivity (Wildman–Crippen MR) is 59.1 cm³/mol. The minimum Gasteiger partial charge on any atom is -0.358 e. The molecule has 0 saturated heterocycles. The van der Waals surface area contributed by atoms with Gasteiger partial charge in [0.2, 0.25) is 6.33 Å². The Hall–Kier alpha value is -2.31. The number of imidazole rings is 1. The molecule has 0 fully saturated rings. The highest BCUT2D eigenvalue weighted by Gasteiger charge is 2.16. The third-order valence-corrected chi connectivity index (χ3v) is 2.59. The summed E-state index contributed by atoms with van der Waals surface area (Å²) in [6.45, 7) is 1.67. The molecular formula is C11H9F2N3O2. The van der Waals surface area contributed by atoms with Gasteiger partial charge in [-0.2, -0.15) is 0 Å². The van der Waals surface area contributed by atoms with Crippen LogP contribution in [0.4, 0.5) is 14.6 Å². The Morgan fingerprint density at radius 3 is 2.44 bits per heavy atom. The molecule has 0 spiro atoms. The molecule has 0 saturated carbocycles. The smallest absolute Gasteiger partial charge is 0.358 e. The predicted octanol–water partition coefficient (Wildman–Crippen LogP) is 2.68. The molecule has 2 rings (SSSR count). The fourth-order valence-corrected chi connectivity index (χ4v) is 1.62. The molecule has 1 unspecified atom stereocenters. The Morgan fingerprint density at radius 2 is 1.94 bits per heavy atom. The third kappa shape index (κ3) is 2.34. The van der Waals surface area contributed by atoms with Gasteiger partial charge in [0.25, 0.3) is 0 Å². The van der Waals surface area contributed by atoms with Crippen molar-refractivity contribution >= 4 is 5.82 Å². The molecule has 1 atom stereocenters. The van der Waals surface area contributed by atoms with Crippen LogP contribution in [0.3, 0.4) is 0 Å². The van der Waals surface area contributed by atoms with Gasteiger partial charge < -0.3 is 14.7 Å². The Morgan fingerprint density at radius 1 is 1.33 bits per heavy atom. The van der Waals surface area contributed by atoms with Crippen molar-refractivity contribution in [2.24, 2.45) is 0 Å². The van der Waals surface area contributed by atoms with E-state index in [1.54, 1.807) is 6.92 Å². The fraction of sp³-hybridized carbons (Fsp3) is 0.182. The van der Waals surface area contributed by atoms with E-state index < -0.39 is 22.6 Å². The number of hydrogen-bond acceptors (Lipinski definition) is 3. The van der Waals surface area contributed by atoms with Gasteiger partial charge in [-0.05, 0) is 34.5 Å². The fourth-order valence-electron chi connectivity index (χ4n) is 1.62. The van der Waals surface area contributed by atoms with Crippen LogP contribution in [-0.2, 0) is 0 Å². The van der Waals surface area contributed by atoms with Crippen molar-refractivity contribution in [3.05, 3.63) is 58.0 Å². The average Bonchev–Trinajstić information content (AvgIpc) is 2.75. The molecule has 2 aromatic rings. The van der Waals surface area contributed by atoms with Crippen molar-refractivity contribution in [1.29, 1.82) is 0 Å². The van der Waals surface area contributed by atoms with Gasteiger partial charge in [-0.15, -0.1) is 0 Å². The Bertz CT molecular complexity index is 577. The zero-order chi connectivity index (χ0) is 13.3. The molecule has 18 heavy (non-hydrogen) atoms. The lowest BCUT2D eigenvalue weighted by Gasteiger charge is -2.12. The van der Waals surface area contributed by atoms with E-state index in [0.717, 1.165) is 6.07 Å². The number of rotatable bonds is 3. The van der Waals surface area contributed by atoms with Gasteiger partial charge in [0, 0.05) is 6.07 Å².